The Balaban J connectivity index is 2.26. The molecule has 5 heteroatoms. The van der Waals surface area contributed by atoms with E-state index in [1.165, 1.54) is 12.1 Å². The first-order chi connectivity index (χ1) is 13.4. The van der Waals surface area contributed by atoms with Gasteiger partial charge in [0.05, 0.1) is 12.7 Å². The van der Waals surface area contributed by atoms with Crippen LogP contribution in [0.25, 0.3) is 6.08 Å². The number of hydrogen-bond donors (Lipinski definition) is 1. The highest BCUT2D eigenvalue weighted by Gasteiger charge is 2.15. The average molecular weight is 383 g/mol. The fourth-order valence-electron chi connectivity index (χ4n) is 2.96. The van der Waals surface area contributed by atoms with E-state index in [9.17, 15) is 9.90 Å². The molecule has 0 aliphatic carbocycles. The van der Waals surface area contributed by atoms with Gasteiger partial charge in [0.15, 0.2) is 5.78 Å². The molecule has 0 bridgehead atoms. The Kier molecular flexibility index (Phi) is 7.64. The molecule has 0 spiro atoms. The normalized spacial score (nSPS) is 11.2. The summed E-state index contributed by atoms with van der Waals surface area (Å²) >= 11 is 0. The molecular formula is C23H30N2O3. The van der Waals surface area contributed by atoms with Gasteiger partial charge in [-0.1, -0.05) is 32.1 Å². The van der Waals surface area contributed by atoms with Crippen molar-refractivity contribution in [2.24, 2.45) is 0 Å². The van der Waals surface area contributed by atoms with Crippen molar-refractivity contribution in [2.45, 2.75) is 20.4 Å². The lowest BCUT2D eigenvalue weighted by Gasteiger charge is -2.20. The second-order valence-corrected chi connectivity index (χ2v) is 6.83. The summed E-state index contributed by atoms with van der Waals surface area (Å²) in [6, 6.07) is 11.2. The first kappa shape index (κ1) is 21.5. The van der Waals surface area contributed by atoms with E-state index in [1.54, 1.807) is 19.3 Å². The molecule has 0 heterocycles. The standard InChI is InChI=1S/C23H30N2O3/c1-6-25(7-2)16-18-14-20(22(27)15-23(18)28-5)21(26)13-10-17-8-11-19(12-9-17)24(3)4/h8-15,27H,6-7,16H2,1-5H3/b13-10+. The zero-order chi connectivity index (χ0) is 20.7. The third kappa shape index (κ3) is 5.36. The highest BCUT2D eigenvalue weighted by Crippen LogP contribution is 2.30. The molecule has 0 amide bonds. The van der Waals surface area contributed by atoms with E-state index < -0.39 is 0 Å². The van der Waals surface area contributed by atoms with Crippen LogP contribution in [0.4, 0.5) is 5.69 Å². The third-order valence-electron chi connectivity index (χ3n) is 4.79. The van der Waals surface area contributed by atoms with Gasteiger partial charge in [-0.2, -0.15) is 0 Å². The second-order valence-electron chi connectivity index (χ2n) is 6.83. The Bertz CT molecular complexity index is 822. The summed E-state index contributed by atoms with van der Waals surface area (Å²) in [4.78, 5) is 16.9. The Morgan fingerprint density at radius 1 is 1.11 bits per heavy atom. The zero-order valence-electron chi connectivity index (χ0n) is 17.4. The molecule has 2 aromatic rings. The van der Waals surface area contributed by atoms with Gasteiger partial charge in [-0.05, 0) is 42.9 Å². The summed E-state index contributed by atoms with van der Waals surface area (Å²) in [6.45, 7) is 6.63. The van der Waals surface area contributed by atoms with Crippen LogP contribution >= 0.6 is 0 Å². The fraction of sp³-hybridized carbons (Fsp3) is 0.348. The van der Waals surface area contributed by atoms with E-state index in [0.29, 0.717) is 12.3 Å². The van der Waals surface area contributed by atoms with Crippen molar-refractivity contribution in [1.82, 2.24) is 4.90 Å². The molecule has 0 aromatic heterocycles. The number of rotatable bonds is 9. The van der Waals surface area contributed by atoms with E-state index in [1.807, 2.05) is 43.3 Å². The molecule has 1 N–H and O–H groups in total. The van der Waals surface area contributed by atoms with Crippen LogP contribution in [-0.4, -0.2) is 50.1 Å². The number of methoxy groups -OCH3 is 1. The summed E-state index contributed by atoms with van der Waals surface area (Å²) in [7, 11) is 5.53. The lowest BCUT2D eigenvalue weighted by molar-refractivity contribution is 0.104. The van der Waals surface area contributed by atoms with Crippen molar-refractivity contribution in [2.75, 3.05) is 39.2 Å². The van der Waals surface area contributed by atoms with Gasteiger partial charge in [-0.25, -0.2) is 0 Å². The number of carbonyl (C=O) groups excluding carboxylic acids is 1. The predicted octanol–water partition coefficient (Wildman–Crippen LogP) is 4.20. The highest BCUT2D eigenvalue weighted by atomic mass is 16.5. The van der Waals surface area contributed by atoms with Crippen LogP contribution in [0.5, 0.6) is 11.5 Å². The van der Waals surface area contributed by atoms with E-state index >= 15 is 0 Å². The number of hydrogen-bond acceptors (Lipinski definition) is 5. The van der Waals surface area contributed by atoms with Crippen LogP contribution < -0.4 is 9.64 Å². The van der Waals surface area contributed by atoms with E-state index in [4.69, 9.17) is 4.74 Å². The van der Waals surface area contributed by atoms with Crippen molar-refractivity contribution in [3.63, 3.8) is 0 Å². The van der Waals surface area contributed by atoms with Crippen LogP contribution in [0, 0.1) is 0 Å². The molecule has 0 unspecified atom stereocenters. The SMILES string of the molecule is CCN(CC)Cc1cc(C(=O)/C=C/c2ccc(N(C)C)cc2)c(O)cc1OC. The van der Waals surface area contributed by atoms with Gasteiger partial charge in [-0.3, -0.25) is 9.69 Å². The Morgan fingerprint density at radius 2 is 1.75 bits per heavy atom. The number of anilines is 1. The maximum Gasteiger partial charge on any atom is 0.189 e. The van der Waals surface area contributed by atoms with E-state index in [2.05, 4.69) is 18.7 Å². The summed E-state index contributed by atoms with van der Waals surface area (Å²) in [5, 5.41) is 10.3. The van der Waals surface area contributed by atoms with Gasteiger partial charge in [0.1, 0.15) is 11.5 Å². The lowest BCUT2D eigenvalue weighted by atomic mass is 10.0. The number of benzene rings is 2. The van der Waals surface area contributed by atoms with Crippen molar-refractivity contribution >= 4 is 17.5 Å². The maximum atomic E-state index is 12.7. The Hall–Kier alpha value is -2.79. The number of nitrogens with zero attached hydrogens (tertiary/aromatic N) is 2. The minimum absolute atomic E-state index is 0.0715. The van der Waals surface area contributed by atoms with Crippen molar-refractivity contribution in [3.05, 3.63) is 59.2 Å². The van der Waals surface area contributed by atoms with Crippen molar-refractivity contribution < 1.29 is 14.6 Å². The van der Waals surface area contributed by atoms with Crippen molar-refractivity contribution in [3.8, 4) is 11.5 Å². The summed E-state index contributed by atoms with van der Waals surface area (Å²) in [5.74, 6) is 0.277. The molecule has 5 nitrogen and oxygen atoms in total. The largest absolute Gasteiger partial charge is 0.507 e. The molecular weight excluding hydrogens is 352 g/mol. The molecule has 0 radical (unpaired) electrons. The third-order valence-corrected chi connectivity index (χ3v) is 4.79. The van der Waals surface area contributed by atoms with Crippen LogP contribution in [-0.2, 0) is 6.54 Å². The molecule has 150 valence electrons. The summed E-state index contributed by atoms with van der Waals surface area (Å²) in [6.07, 6.45) is 3.25. The summed E-state index contributed by atoms with van der Waals surface area (Å²) in [5.41, 5.74) is 3.19. The van der Waals surface area contributed by atoms with Gasteiger partial charge >= 0.3 is 0 Å². The minimum atomic E-state index is -0.238. The number of allylic oxidation sites excluding steroid dienone is 1. The number of ketones is 1. The molecule has 0 saturated carbocycles. The first-order valence-electron chi connectivity index (χ1n) is 9.51. The summed E-state index contributed by atoms with van der Waals surface area (Å²) < 4.78 is 5.39. The van der Waals surface area contributed by atoms with Gasteiger partial charge in [0.25, 0.3) is 0 Å². The molecule has 0 aliphatic heterocycles. The predicted molar refractivity (Wildman–Crippen MR) is 115 cm³/mol. The van der Waals surface area contributed by atoms with Gasteiger partial charge in [0.2, 0.25) is 0 Å². The molecule has 2 aromatic carbocycles. The molecule has 0 atom stereocenters. The second kappa shape index (κ2) is 9.95. The molecule has 2 rings (SSSR count). The van der Waals surface area contributed by atoms with Crippen molar-refractivity contribution in [1.29, 1.82) is 0 Å². The zero-order valence-corrected chi connectivity index (χ0v) is 17.4. The molecule has 0 aliphatic rings. The number of phenols is 1. The monoisotopic (exact) mass is 382 g/mol. The van der Waals surface area contributed by atoms with Gasteiger partial charge in [-0.15, -0.1) is 0 Å². The fourth-order valence-corrected chi connectivity index (χ4v) is 2.96. The van der Waals surface area contributed by atoms with E-state index in [0.717, 1.165) is 29.9 Å². The Labute approximate surface area is 167 Å². The highest BCUT2D eigenvalue weighted by molar-refractivity contribution is 6.08. The molecule has 0 saturated heterocycles. The van der Waals surface area contributed by atoms with Gasteiger partial charge in [0, 0.05) is 38.0 Å². The van der Waals surface area contributed by atoms with Crippen LogP contribution in [0.3, 0.4) is 0 Å². The average Bonchev–Trinajstić information content (AvgIpc) is 2.70. The van der Waals surface area contributed by atoms with Crippen LogP contribution in [0.15, 0.2) is 42.5 Å². The van der Waals surface area contributed by atoms with E-state index in [-0.39, 0.29) is 17.1 Å². The lowest BCUT2D eigenvalue weighted by Crippen LogP contribution is -2.22. The topological polar surface area (TPSA) is 53.0 Å². The number of phenolic OH excluding ortho intramolecular Hbond substituents is 1. The number of carbonyl (C=O) groups is 1. The quantitative estimate of drug-likeness (QED) is 0.520. The first-order valence-corrected chi connectivity index (χ1v) is 9.51. The molecule has 28 heavy (non-hydrogen) atoms. The number of ether oxygens (including phenoxy) is 1. The maximum absolute atomic E-state index is 12.7. The minimum Gasteiger partial charge on any atom is -0.507 e. The molecule has 0 fully saturated rings. The van der Waals surface area contributed by atoms with Crippen LogP contribution in [0.1, 0.15) is 35.3 Å². The number of aromatic hydroxyl groups is 1. The Morgan fingerprint density at radius 3 is 2.29 bits per heavy atom. The van der Waals surface area contributed by atoms with Crippen LogP contribution in [0.2, 0.25) is 0 Å². The smallest absolute Gasteiger partial charge is 0.189 e. The van der Waals surface area contributed by atoms with Gasteiger partial charge < -0.3 is 14.7 Å².